The number of sulfonamides is 1. The number of ether oxygens (including phenoxy) is 1. The third-order valence-corrected chi connectivity index (χ3v) is 7.40. The van der Waals surface area contributed by atoms with Crippen LogP contribution in [0.5, 0.6) is 0 Å². The molecular weight excluding hydrogens is 463 g/mol. The maximum atomic E-state index is 13.0. The Morgan fingerprint density at radius 1 is 0.968 bits per heavy atom. The number of carbonyl (C=O) groups excluding carboxylic acids is 2. The lowest BCUT2D eigenvalue weighted by Crippen LogP contribution is -2.32. The molecule has 31 heavy (non-hydrogen) atoms. The molecule has 0 saturated carbocycles. The molecule has 1 heterocycles. The van der Waals surface area contributed by atoms with Crippen LogP contribution >= 0.6 is 23.2 Å². The highest BCUT2D eigenvalue weighted by Crippen LogP contribution is 2.28. The quantitative estimate of drug-likeness (QED) is 0.614. The van der Waals surface area contributed by atoms with Gasteiger partial charge in [0.2, 0.25) is 10.0 Å². The van der Waals surface area contributed by atoms with Gasteiger partial charge in [-0.05, 0) is 43.2 Å². The lowest BCUT2D eigenvalue weighted by molar-refractivity contribution is -0.119. The summed E-state index contributed by atoms with van der Waals surface area (Å²) in [5, 5.41) is 2.87. The standard InChI is InChI=1S/C21H22Cl2N2O5S/c22-17-8-4-3-7-16(17)21(27)30-14-20(26)24-19-13-15(9-10-18(19)23)31(28,29)25-11-5-1-2-6-12-25/h3-4,7-10,13H,1-2,5-6,11-12,14H2,(H,24,26). The Morgan fingerprint density at radius 3 is 2.32 bits per heavy atom. The van der Waals surface area contributed by atoms with Crippen molar-refractivity contribution in [2.75, 3.05) is 25.0 Å². The smallest absolute Gasteiger partial charge is 0.340 e. The summed E-state index contributed by atoms with van der Waals surface area (Å²) >= 11 is 12.1. The highest BCUT2D eigenvalue weighted by atomic mass is 35.5. The lowest BCUT2D eigenvalue weighted by atomic mass is 10.2. The van der Waals surface area contributed by atoms with Gasteiger partial charge in [0.1, 0.15) is 0 Å². The van der Waals surface area contributed by atoms with E-state index in [1.807, 2.05) is 0 Å². The van der Waals surface area contributed by atoms with Crippen LogP contribution in [0.1, 0.15) is 36.0 Å². The summed E-state index contributed by atoms with van der Waals surface area (Å²) in [5.41, 5.74) is 0.261. The van der Waals surface area contributed by atoms with Crippen molar-refractivity contribution < 1.29 is 22.7 Å². The number of rotatable bonds is 6. The summed E-state index contributed by atoms with van der Waals surface area (Å²) < 4.78 is 32.4. The van der Waals surface area contributed by atoms with Crippen molar-refractivity contribution in [1.82, 2.24) is 4.31 Å². The van der Waals surface area contributed by atoms with E-state index < -0.39 is 28.5 Å². The molecule has 0 bridgehead atoms. The first-order chi connectivity index (χ1) is 14.8. The van der Waals surface area contributed by atoms with Gasteiger partial charge in [0.15, 0.2) is 6.61 Å². The molecule has 3 rings (SSSR count). The van der Waals surface area contributed by atoms with E-state index in [1.54, 1.807) is 12.1 Å². The van der Waals surface area contributed by atoms with Gasteiger partial charge in [0.05, 0.1) is 26.2 Å². The molecule has 7 nitrogen and oxygen atoms in total. The van der Waals surface area contributed by atoms with Gasteiger partial charge in [-0.15, -0.1) is 0 Å². The number of hydrogen-bond donors (Lipinski definition) is 1. The Hall–Kier alpha value is -2.13. The van der Waals surface area contributed by atoms with E-state index in [9.17, 15) is 18.0 Å². The van der Waals surface area contributed by atoms with Gasteiger partial charge in [-0.1, -0.05) is 48.2 Å². The minimum Gasteiger partial charge on any atom is -0.452 e. The molecule has 10 heteroatoms. The SMILES string of the molecule is O=C(COC(=O)c1ccccc1Cl)Nc1cc(S(=O)(=O)N2CCCCCC2)ccc1Cl. The van der Waals surface area contributed by atoms with Gasteiger partial charge < -0.3 is 10.1 Å². The first-order valence-corrected chi connectivity index (χ1v) is 12.0. The van der Waals surface area contributed by atoms with Gasteiger partial charge in [0, 0.05) is 13.1 Å². The molecule has 0 unspecified atom stereocenters. The minimum atomic E-state index is -3.70. The molecular formula is C21H22Cl2N2O5S. The highest BCUT2D eigenvalue weighted by molar-refractivity contribution is 7.89. The molecule has 0 aliphatic carbocycles. The zero-order valence-electron chi connectivity index (χ0n) is 16.6. The minimum absolute atomic E-state index is 0.0437. The molecule has 1 aliphatic rings. The summed E-state index contributed by atoms with van der Waals surface area (Å²) in [6.45, 7) is 0.346. The molecule has 2 aromatic carbocycles. The Kier molecular flexibility index (Phi) is 7.94. The number of carbonyl (C=O) groups is 2. The molecule has 1 N–H and O–H groups in total. The van der Waals surface area contributed by atoms with Gasteiger partial charge in [0.25, 0.3) is 5.91 Å². The van der Waals surface area contributed by atoms with Crippen LogP contribution in [0, 0.1) is 0 Å². The van der Waals surface area contributed by atoms with E-state index in [4.69, 9.17) is 27.9 Å². The summed E-state index contributed by atoms with van der Waals surface area (Å²) in [4.78, 5) is 24.4. The largest absolute Gasteiger partial charge is 0.452 e. The Labute approximate surface area is 191 Å². The number of esters is 1. The fourth-order valence-corrected chi connectivity index (χ4v) is 5.14. The van der Waals surface area contributed by atoms with Crippen LogP contribution in [0.15, 0.2) is 47.4 Å². The Morgan fingerprint density at radius 2 is 1.65 bits per heavy atom. The molecule has 2 aromatic rings. The monoisotopic (exact) mass is 484 g/mol. The van der Waals surface area contributed by atoms with Crippen LogP contribution in [-0.2, 0) is 19.6 Å². The second-order valence-electron chi connectivity index (χ2n) is 7.06. The zero-order chi connectivity index (χ0) is 22.4. The van der Waals surface area contributed by atoms with E-state index in [-0.39, 0.29) is 26.2 Å². The zero-order valence-corrected chi connectivity index (χ0v) is 19.0. The van der Waals surface area contributed by atoms with Crippen molar-refractivity contribution in [1.29, 1.82) is 0 Å². The first kappa shape index (κ1) is 23.5. The highest BCUT2D eigenvalue weighted by Gasteiger charge is 2.26. The summed E-state index contributed by atoms with van der Waals surface area (Å²) in [6.07, 6.45) is 3.63. The molecule has 1 aliphatic heterocycles. The third kappa shape index (κ3) is 5.98. The van der Waals surface area contributed by atoms with E-state index >= 15 is 0 Å². The maximum Gasteiger partial charge on any atom is 0.340 e. The lowest BCUT2D eigenvalue weighted by Gasteiger charge is -2.20. The van der Waals surface area contributed by atoms with Crippen molar-refractivity contribution in [3.8, 4) is 0 Å². The second kappa shape index (κ2) is 10.5. The van der Waals surface area contributed by atoms with Crippen LogP contribution in [0.3, 0.4) is 0 Å². The van der Waals surface area contributed by atoms with Gasteiger partial charge >= 0.3 is 5.97 Å². The van der Waals surface area contributed by atoms with Gasteiger partial charge in [-0.3, -0.25) is 4.79 Å². The number of nitrogens with zero attached hydrogens (tertiary/aromatic N) is 1. The molecule has 0 aromatic heterocycles. The second-order valence-corrected chi connectivity index (χ2v) is 9.82. The van der Waals surface area contributed by atoms with Crippen LogP contribution in [0.4, 0.5) is 5.69 Å². The van der Waals surface area contributed by atoms with E-state index in [0.29, 0.717) is 13.1 Å². The number of halogens is 2. The summed E-state index contributed by atoms with van der Waals surface area (Å²) in [6, 6.07) is 10.5. The number of hydrogen-bond acceptors (Lipinski definition) is 5. The normalized spacial score (nSPS) is 15.2. The molecule has 0 atom stereocenters. The van der Waals surface area contributed by atoms with E-state index in [0.717, 1.165) is 25.7 Å². The predicted molar refractivity (Wildman–Crippen MR) is 119 cm³/mol. The van der Waals surface area contributed by atoms with Crippen molar-refractivity contribution in [3.05, 3.63) is 58.1 Å². The topological polar surface area (TPSA) is 92.8 Å². The average Bonchev–Trinajstić information content (AvgIpc) is 3.04. The van der Waals surface area contributed by atoms with Gasteiger partial charge in [-0.2, -0.15) is 4.31 Å². The van der Waals surface area contributed by atoms with E-state index in [2.05, 4.69) is 5.32 Å². The number of benzene rings is 2. The van der Waals surface area contributed by atoms with Crippen LogP contribution in [0.25, 0.3) is 0 Å². The van der Waals surface area contributed by atoms with Crippen molar-refractivity contribution >= 4 is 50.8 Å². The predicted octanol–water partition coefficient (Wildman–Crippen LogP) is 4.35. The average molecular weight is 485 g/mol. The molecule has 1 saturated heterocycles. The van der Waals surface area contributed by atoms with Crippen LogP contribution < -0.4 is 5.32 Å². The van der Waals surface area contributed by atoms with Crippen LogP contribution in [-0.4, -0.2) is 44.3 Å². The number of anilines is 1. The van der Waals surface area contributed by atoms with E-state index in [1.165, 1.54) is 34.6 Å². The molecule has 0 spiro atoms. The Bertz CT molecular complexity index is 1070. The number of nitrogens with one attached hydrogen (secondary N) is 1. The molecule has 1 amide bonds. The fraction of sp³-hybridized carbons (Fsp3) is 0.333. The maximum absolute atomic E-state index is 13.0. The number of amides is 1. The molecule has 1 fully saturated rings. The van der Waals surface area contributed by atoms with Crippen molar-refractivity contribution in [3.63, 3.8) is 0 Å². The first-order valence-electron chi connectivity index (χ1n) is 9.80. The molecule has 0 radical (unpaired) electrons. The van der Waals surface area contributed by atoms with Crippen molar-refractivity contribution in [2.24, 2.45) is 0 Å². The van der Waals surface area contributed by atoms with Crippen molar-refractivity contribution in [2.45, 2.75) is 30.6 Å². The third-order valence-electron chi connectivity index (χ3n) is 4.84. The van der Waals surface area contributed by atoms with Crippen LogP contribution in [0.2, 0.25) is 10.0 Å². The van der Waals surface area contributed by atoms with Gasteiger partial charge in [-0.25, -0.2) is 13.2 Å². The fourth-order valence-electron chi connectivity index (χ4n) is 3.21. The summed E-state index contributed by atoms with van der Waals surface area (Å²) in [7, 11) is -3.70. The molecule has 166 valence electrons. The Balaban J connectivity index is 1.68. The summed E-state index contributed by atoms with van der Waals surface area (Å²) in [5.74, 6) is -1.41.